The molecule has 0 bridgehead atoms. The maximum absolute atomic E-state index is 6.33. The number of nitrogens with zero attached hydrogens (tertiary/aromatic N) is 2. The molecule has 1 aliphatic heterocycles. The number of hydrogen-bond donors (Lipinski definition) is 0. The van der Waals surface area contributed by atoms with Gasteiger partial charge in [0, 0.05) is 31.4 Å². The summed E-state index contributed by atoms with van der Waals surface area (Å²) >= 11 is 6.33. The highest BCUT2D eigenvalue weighted by molar-refractivity contribution is 6.20. The Morgan fingerprint density at radius 2 is 2.25 bits per heavy atom. The number of aromatic nitrogens is 1. The van der Waals surface area contributed by atoms with E-state index >= 15 is 0 Å². The van der Waals surface area contributed by atoms with Crippen LogP contribution >= 0.6 is 11.6 Å². The van der Waals surface area contributed by atoms with E-state index in [0.717, 1.165) is 63.6 Å². The minimum Gasteiger partial charge on any atom is -0.492 e. The van der Waals surface area contributed by atoms with Crippen LogP contribution in [0.4, 0.5) is 0 Å². The number of pyridine rings is 1. The molecule has 0 spiro atoms. The van der Waals surface area contributed by atoms with Crippen molar-refractivity contribution in [1.82, 2.24) is 9.88 Å². The van der Waals surface area contributed by atoms with Crippen molar-refractivity contribution in [2.75, 3.05) is 39.5 Å². The van der Waals surface area contributed by atoms with Crippen molar-refractivity contribution < 1.29 is 9.47 Å². The fourth-order valence-electron chi connectivity index (χ4n) is 2.85. The second-order valence-corrected chi connectivity index (χ2v) is 5.86. The van der Waals surface area contributed by atoms with Gasteiger partial charge < -0.3 is 9.47 Å². The molecule has 1 atom stereocenters. The molecule has 2 aliphatic rings. The van der Waals surface area contributed by atoms with Crippen LogP contribution in [-0.4, -0.2) is 49.3 Å². The van der Waals surface area contributed by atoms with E-state index in [2.05, 4.69) is 9.88 Å². The van der Waals surface area contributed by atoms with Crippen molar-refractivity contribution >= 4 is 11.6 Å². The smallest absolute Gasteiger partial charge is 0.125 e. The summed E-state index contributed by atoms with van der Waals surface area (Å²) in [6.07, 6.45) is 4.97. The Morgan fingerprint density at radius 1 is 1.40 bits per heavy atom. The van der Waals surface area contributed by atoms with Gasteiger partial charge in [-0.25, -0.2) is 0 Å². The van der Waals surface area contributed by atoms with Crippen LogP contribution in [0.1, 0.15) is 29.5 Å². The van der Waals surface area contributed by atoms with Gasteiger partial charge in [0.05, 0.1) is 24.3 Å². The molecular formula is C15H21ClN2O2. The van der Waals surface area contributed by atoms with Crippen molar-refractivity contribution in [3.63, 3.8) is 0 Å². The molecule has 20 heavy (non-hydrogen) atoms. The number of halogens is 1. The second kappa shape index (κ2) is 6.74. The predicted molar refractivity (Wildman–Crippen MR) is 78.5 cm³/mol. The van der Waals surface area contributed by atoms with Gasteiger partial charge in [-0.15, -0.1) is 11.6 Å². The molecule has 5 heteroatoms. The van der Waals surface area contributed by atoms with Crippen molar-refractivity contribution in [2.24, 2.45) is 0 Å². The molecule has 0 saturated carbocycles. The van der Waals surface area contributed by atoms with Crippen molar-refractivity contribution in [2.45, 2.75) is 24.6 Å². The first-order chi connectivity index (χ1) is 9.84. The van der Waals surface area contributed by atoms with Crippen LogP contribution in [0.2, 0.25) is 0 Å². The SMILES string of the molecule is ClC1CCCc2c(OCCN3CCOCC3)ccnc21. The molecule has 0 N–H and O–H groups in total. The first-order valence-corrected chi connectivity index (χ1v) is 7.83. The second-order valence-electron chi connectivity index (χ2n) is 5.34. The molecule has 1 aromatic rings. The van der Waals surface area contributed by atoms with E-state index in [1.807, 2.05) is 12.3 Å². The summed E-state index contributed by atoms with van der Waals surface area (Å²) in [5.74, 6) is 0.966. The minimum absolute atomic E-state index is 0.0431. The Kier molecular flexibility index (Phi) is 4.76. The van der Waals surface area contributed by atoms with Crippen molar-refractivity contribution in [3.05, 3.63) is 23.5 Å². The quantitative estimate of drug-likeness (QED) is 0.799. The molecule has 3 rings (SSSR count). The molecule has 1 saturated heterocycles. The van der Waals surface area contributed by atoms with Gasteiger partial charge in [-0.05, 0) is 25.3 Å². The number of morpholine rings is 1. The summed E-state index contributed by atoms with van der Waals surface area (Å²) in [6, 6.07) is 1.97. The number of hydrogen-bond acceptors (Lipinski definition) is 4. The van der Waals surface area contributed by atoms with E-state index in [9.17, 15) is 0 Å². The third kappa shape index (κ3) is 3.25. The number of fused-ring (bicyclic) bond motifs is 1. The van der Waals surface area contributed by atoms with Crippen LogP contribution in [0.3, 0.4) is 0 Å². The maximum atomic E-state index is 6.33. The predicted octanol–water partition coefficient (Wildman–Crippen LogP) is 2.41. The molecule has 1 aromatic heterocycles. The molecule has 4 nitrogen and oxygen atoms in total. The molecule has 1 unspecified atom stereocenters. The summed E-state index contributed by atoms with van der Waals surface area (Å²) in [7, 11) is 0. The lowest BCUT2D eigenvalue weighted by molar-refractivity contribution is 0.0322. The summed E-state index contributed by atoms with van der Waals surface area (Å²) in [5.41, 5.74) is 2.22. The number of ether oxygens (including phenoxy) is 2. The van der Waals surface area contributed by atoms with Crippen LogP contribution in [0, 0.1) is 0 Å². The zero-order chi connectivity index (χ0) is 13.8. The molecule has 2 heterocycles. The van der Waals surface area contributed by atoms with Gasteiger partial charge >= 0.3 is 0 Å². The topological polar surface area (TPSA) is 34.6 Å². The highest BCUT2D eigenvalue weighted by Gasteiger charge is 2.22. The third-order valence-electron chi connectivity index (χ3n) is 4.00. The van der Waals surface area contributed by atoms with E-state index in [1.165, 1.54) is 5.56 Å². The maximum Gasteiger partial charge on any atom is 0.125 e. The van der Waals surface area contributed by atoms with E-state index in [0.29, 0.717) is 6.61 Å². The summed E-state index contributed by atoms with van der Waals surface area (Å²) in [4.78, 5) is 6.80. The van der Waals surface area contributed by atoms with E-state index in [4.69, 9.17) is 21.1 Å². The fraction of sp³-hybridized carbons (Fsp3) is 0.667. The Labute approximate surface area is 125 Å². The zero-order valence-electron chi connectivity index (χ0n) is 11.7. The number of alkyl halides is 1. The van der Waals surface area contributed by atoms with E-state index < -0.39 is 0 Å². The van der Waals surface area contributed by atoms with Gasteiger partial charge in [0.25, 0.3) is 0 Å². The highest BCUT2D eigenvalue weighted by Crippen LogP contribution is 2.37. The standard InChI is InChI=1S/C15H21ClN2O2/c16-13-3-1-2-12-14(4-5-17-15(12)13)20-11-8-18-6-9-19-10-7-18/h4-5,13H,1-3,6-11H2. The van der Waals surface area contributed by atoms with Crippen LogP contribution in [0.15, 0.2) is 12.3 Å². The van der Waals surface area contributed by atoms with Crippen LogP contribution < -0.4 is 4.74 Å². The van der Waals surface area contributed by atoms with Gasteiger partial charge in [0.2, 0.25) is 0 Å². The Balaban J connectivity index is 1.58. The Hall–Kier alpha value is -0.840. The fourth-order valence-corrected chi connectivity index (χ4v) is 3.19. The molecule has 110 valence electrons. The van der Waals surface area contributed by atoms with Gasteiger partial charge in [-0.3, -0.25) is 9.88 Å². The molecule has 0 amide bonds. The van der Waals surface area contributed by atoms with Crippen LogP contribution in [0.25, 0.3) is 0 Å². The van der Waals surface area contributed by atoms with Gasteiger partial charge in [0.1, 0.15) is 12.4 Å². The number of rotatable bonds is 4. The third-order valence-corrected chi connectivity index (χ3v) is 4.42. The van der Waals surface area contributed by atoms with Crippen LogP contribution in [-0.2, 0) is 11.2 Å². The monoisotopic (exact) mass is 296 g/mol. The van der Waals surface area contributed by atoms with E-state index in [1.54, 1.807) is 0 Å². The first-order valence-electron chi connectivity index (χ1n) is 7.39. The lowest BCUT2D eigenvalue weighted by atomic mass is 9.95. The first kappa shape index (κ1) is 14.1. The van der Waals surface area contributed by atoms with Gasteiger partial charge in [-0.1, -0.05) is 0 Å². The molecular weight excluding hydrogens is 276 g/mol. The lowest BCUT2D eigenvalue weighted by Gasteiger charge is -2.27. The Bertz CT molecular complexity index is 449. The van der Waals surface area contributed by atoms with Crippen LogP contribution in [0.5, 0.6) is 5.75 Å². The molecule has 1 aliphatic carbocycles. The zero-order valence-corrected chi connectivity index (χ0v) is 12.4. The molecule has 0 radical (unpaired) electrons. The average molecular weight is 297 g/mol. The van der Waals surface area contributed by atoms with Gasteiger partial charge in [-0.2, -0.15) is 0 Å². The largest absolute Gasteiger partial charge is 0.492 e. The minimum atomic E-state index is 0.0431. The van der Waals surface area contributed by atoms with Gasteiger partial charge in [0.15, 0.2) is 0 Å². The van der Waals surface area contributed by atoms with E-state index in [-0.39, 0.29) is 5.38 Å². The Morgan fingerprint density at radius 3 is 3.10 bits per heavy atom. The summed E-state index contributed by atoms with van der Waals surface area (Å²) < 4.78 is 11.3. The average Bonchev–Trinajstić information content (AvgIpc) is 2.49. The summed E-state index contributed by atoms with van der Waals surface area (Å²) in [6.45, 7) is 5.33. The normalized spacial score (nSPS) is 23.4. The molecule has 0 aromatic carbocycles. The van der Waals surface area contributed by atoms with Crippen molar-refractivity contribution in [1.29, 1.82) is 0 Å². The lowest BCUT2D eigenvalue weighted by Crippen LogP contribution is -2.38. The highest BCUT2D eigenvalue weighted by atomic mass is 35.5. The molecule has 1 fully saturated rings. The van der Waals surface area contributed by atoms with Crippen molar-refractivity contribution in [3.8, 4) is 5.75 Å². The summed E-state index contributed by atoms with van der Waals surface area (Å²) in [5, 5.41) is 0.0431.